The summed E-state index contributed by atoms with van der Waals surface area (Å²) in [5, 5.41) is 20.6. The number of aliphatic carboxylic acids is 2. The van der Waals surface area contributed by atoms with Crippen molar-refractivity contribution in [1.29, 1.82) is 0 Å². The highest BCUT2D eigenvalue weighted by Crippen LogP contribution is 2.57. The number of carbonyl (C=O) groups is 2. The summed E-state index contributed by atoms with van der Waals surface area (Å²) in [5.74, 6) is -0.332. The largest absolute Gasteiger partial charge is 0.481 e. The first-order valence-corrected chi connectivity index (χ1v) is 12.6. The van der Waals surface area contributed by atoms with E-state index in [0.717, 1.165) is 51.4 Å². The summed E-state index contributed by atoms with van der Waals surface area (Å²) in [5.41, 5.74) is -2.18. The van der Waals surface area contributed by atoms with Crippen LogP contribution in [0.25, 0.3) is 0 Å². The van der Waals surface area contributed by atoms with E-state index < -0.39 is 22.8 Å². The molecule has 1 aliphatic rings. The number of hydrogen-bond acceptors (Lipinski definition) is 2. The number of carboxylic acids is 2. The molecule has 2 atom stereocenters. The molecule has 176 valence electrons. The number of carboxylic acid groups (broad SMARTS) is 2. The van der Waals surface area contributed by atoms with E-state index in [4.69, 9.17) is 0 Å². The Morgan fingerprint density at radius 1 is 0.633 bits per heavy atom. The minimum Gasteiger partial charge on any atom is -0.481 e. The van der Waals surface area contributed by atoms with Gasteiger partial charge < -0.3 is 10.2 Å². The minimum atomic E-state index is -1.09. The Morgan fingerprint density at radius 2 is 0.967 bits per heavy atom. The van der Waals surface area contributed by atoms with Crippen molar-refractivity contribution in [2.75, 3.05) is 0 Å². The van der Waals surface area contributed by atoms with Crippen LogP contribution in [0.5, 0.6) is 0 Å². The highest BCUT2D eigenvalue weighted by atomic mass is 16.4. The molecule has 0 saturated heterocycles. The van der Waals surface area contributed by atoms with Crippen LogP contribution in [0.2, 0.25) is 0 Å². The molecule has 1 rings (SSSR count). The molecule has 0 aromatic heterocycles. The minimum absolute atomic E-state index is 0.518. The quantitative estimate of drug-likeness (QED) is 0.249. The Labute approximate surface area is 185 Å². The number of hydrogen-bond donors (Lipinski definition) is 2. The molecule has 4 nitrogen and oxygen atoms in total. The van der Waals surface area contributed by atoms with Gasteiger partial charge in [0.2, 0.25) is 0 Å². The predicted octanol–water partition coefficient (Wildman–Crippen LogP) is 7.70. The van der Waals surface area contributed by atoms with Gasteiger partial charge in [-0.25, -0.2) is 0 Å². The van der Waals surface area contributed by atoms with Gasteiger partial charge in [0.25, 0.3) is 0 Å². The van der Waals surface area contributed by atoms with Crippen molar-refractivity contribution in [3.8, 4) is 0 Å². The predicted molar refractivity (Wildman–Crippen MR) is 124 cm³/mol. The van der Waals surface area contributed by atoms with Crippen LogP contribution in [0.4, 0.5) is 0 Å². The smallest absolute Gasteiger partial charge is 0.310 e. The maximum absolute atomic E-state index is 12.6. The van der Waals surface area contributed by atoms with Gasteiger partial charge in [0.1, 0.15) is 0 Å². The van der Waals surface area contributed by atoms with E-state index in [-0.39, 0.29) is 0 Å². The van der Waals surface area contributed by atoms with Crippen molar-refractivity contribution in [3.05, 3.63) is 0 Å². The van der Waals surface area contributed by atoms with E-state index in [1.54, 1.807) is 0 Å². The first-order valence-electron chi connectivity index (χ1n) is 12.6. The maximum Gasteiger partial charge on any atom is 0.310 e. The summed E-state index contributed by atoms with van der Waals surface area (Å²) in [7, 11) is 0. The Balaban J connectivity index is 2.77. The van der Waals surface area contributed by atoms with E-state index in [0.29, 0.717) is 37.5 Å². The van der Waals surface area contributed by atoms with Crippen molar-refractivity contribution in [2.45, 2.75) is 130 Å². The molecule has 1 fully saturated rings. The molecule has 0 amide bonds. The van der Waals surface area contributed by atoms with Crippen LogP contribution >= 0.6 is 0 Å². The second-order valence-corrected chi connectivity index (χ2v) is 10.7. The summed E-state index contributed by atoms with van der Waals surface area (Å²) >= 11 is 0. The van der Waals surface area contributed by atoms with Gasteiger partial charge >= 0.3 is 11.9 Å². The van der Waals surface area contributed by atoms with E-state index >= 15 is 0 Å². The van der Waals surface area contributed by atoms with Crippen LogP contribution < -0.4 is 0 Å². The van der Waals surface area contributed by atoms with E-state index in [9.17, 15) is 19.8 Å². The molecule has 1 saturated carbocycles. The first kappa shape index (κ1) is 27.0. The summed E-state index contributed by atoms with van der Waals surface area (Å²) in [6.07, 6.45) is 14.4. The van der Waals surface area contributed by atoms with E-state index in [2.05, 4.69) is 27.7 Å². The Bertz CT molecular complexity index is 467. The SMILES string of the molecule is CC(C)CCCCCCC1(C(=O)O)CCCCC1(CCCCCCC(C)C)C(=O)O. The Kier molecular flexibility index (Phi) is 12.0. The second kappa shape index (κ2) is 13.4. The van der Waals surface area contributed by atoms with Crippen LogP contribution in [0, 0.1) is 22.7 Å². The van der Waals surface area contributed by atoms with Crippen molar-refractivity contribution in [1.82, 2.24) is 0 Å². The fourth-order valence-electron chi connectivity index (χ4n) is 5.56. The Hall–Kier alpha value is -1.06. The normalized spacial score (nSPS) is 24.5. The zero-order valence-corrected chi connectivity index (χ0v) is 20.2. The fraction of sp³-hybridized carbons (Fsp3) is 0.923. The molecule has 0 radical (unpaired) electrons. The van der Waals surface area contributed by atoms with Gasteiger partial charge in [-0.2, -0.15) is 0 Å². The van der Waals surface area contributed by atoms with Gasteiger partial charge in [-0.1, -0.05) is 105 Å². The third-order valence-electron chi connectivity index (χ3n) is 7.46. The molecule has 0 spiro atoms. The van der Waals surface area contributed by atoms with Gasteiger partial charge in [-0.15, -0.1) is 0 Å². The van der Waals surface area contributed by atoms with Crippen molar-refractivity contribution < 1.29 is 19.8 Å². The lowest BCUT2D eigenvalue weighted by Gasteiger charge is -2.49. The molecule has 1 aliphatic carbocycles. The van der Waals surface area contributed by atoms with Crippen molar-refractivity contribution in [2.24, 2.45) is 22.7 Å². The molecule has 30 heavy (non-hydrogen) atoms. The lowest BCUT2D eigenvalue weighted by molar-refractivity contribution is -0.182. The van der Waals surface area contributed by atoms with Gasteiger partial charge in [0, 0.05) is 0 Å². The molecular formula is C26H48O4. The van der Waals surface area contributed by atoms with Crippen LogP contribution in [0.15, 0.2) is 0 Å². The van der Waals surface area contributed by atoms with Gasteiger partial charge in [0.15, 0.2) is 0 Å². The third kappa shape index (κ3) is 7.57. The van der Waals surface area contributed by atoms with Gasteiger partial charge in [-0.05, 0) is 37.5 Å². The molecule has 0 heterocycles. The number of unbranched alkanes of at least 4 members (excludes halogenated alkanes) is 6. The van der Waals surface area contributed by atoms with Crippen LogP contribution in [0.1, 0.15) is 130 Å². The maximum atomic E-state index is 12.6. The summed E-state index contributed by atoms with van der Waals surface area (Å²) < 4.78 is 0. The highest BCUT2D eigenvalue weighted by Gasteiger charge is 2.61. The molecule has 0 bridgehead atoms. The molecule has 4 heteroatoms. The topological polar surface area (TPSA) is 74.6 Å². The van der Waals surface area contributed by atoms with Crippen LogP contribution in [-0.2, 0) is 9.59 Å². The van der Waals surface area contributed by atoms with Gasteiger partial charge in [-0.3, -0.25) is 9.59 Å². The van der Waals surface area contributed by atoms with Crippen molar-refractivity contribution in [3.63, 3.8) is 0 Å². The monoisotopic (exact) mass is 424 g/mol. The lowest BCUT2D eigenvalue weighted by atomic mass is 9.52. The molecule has 0 aliphatic heterocycles. The third-order valence-corrected chi connectivity index (χ3v) is 7.46. The fourth-order valence-corrected chi connectivity index (χ4v) is 5.56. The van der Waals surface area contributed by atoms with Crippen LogP contribution in [0.3, 0.4) is 0 Å². The average molecular weight is 425 g/mol. The average Bonchev–Trinajstić information content (AvgIpc) is 2.67. The Morgan fingerprint density at radius 3 is 1.27 bits per heavy atom. The van der Waals surface area contributed by atoms with Crippen molar-refractivity contribution >= 4 is 11.9 Å². The molecule has 2 N–H and O–H groups in total. The number of rotatable bonds is 16. The first-order chi connectivity index (χ1) is 14.2. The summed E-state index contributed by atoms with van der Waals surface area (Å²) in [6, 6.07) is 0. The summed E-state index contributed by atoms with van der Waals surface area (Å²) in [4.78, 5) is 25.1. The standard InChI is InChI=1S/C26H48O4/c1-21(2)15-9-5-7-11-17-25(23(27)28)19-13-14-20-26(25,24(29)30)18-12-8-6-10-16-22(3)4/h21-22H,5-20H2,1-4H3,(H,27,28)(H,29,30). The zero-order chi connectivity index (χ0) is 22.6. The molecular weight excluding hydrogens is 376 g/mol. The lowest BCUT2D eigenvalue weighted by Crippen LogP contribution is -2.54. The zero-order valence-electron chi connectivity index (χ0n) is 20.2. The molecule has 0 aromatic carbocycles. The summed E-state index contributed by atoms with van der Waals surface area (Å²) in [6.45, 7) is 8.91. The highest BCUT2D eigenvalue weighted by molar-refractivity contribution is 5.87. The van der Waals surface area contributed by atoms with E-state index in [1.165, 1.54) is 25.7 Å². The molecule has 0 aromatic rings. The molecule has 2 unspecified atom stereocenters. The van der Waals surface area contributed by atoms with E-state index in [1.807, 2.05) is 0 Å². The van der Waals surface area contributed by atoms with Gasteiger partial charge in [0.05, 0.1) is 10.8 Å². The second-order valence-electron chi connectivity index (χ2n) is 10.7. The van der Waals surface area contributed by atoms with Crippen LogP contribution in [-0.4, -0.2) is 22.2 Å².